The van der Waals surface area contributed by atoms with Crippen LogP contribution in [0.25, 0.3) is 10.2 Å². The Labute approximate surface area is 119 Å². The van der Waals surface area contributed by atoms with Gasteiger partial charge in [0.05, 0.1) is 5.39 Å². The lowest BCUT2D eigenvalue weighted by Gasteiger charge is -2.08. The monoisotopic (exact) mass is 288 g/mol. The van der Waals surface area contributed by atoms with Crippen LogP contribution < -0.4 is 11.1 Å². The average Bonchev–Trinajstić information content (AvgIpc) is 2.87. The van der Waals surface area contributed by atoms with Crippen molar-refractivity contribution < 1.29 is 0 Å². The number of rotatable bonds is 3. The molecule has 96 valence electrons. The van der Waals surface area contributed by atoms with Crippen molar-refractivity contribution in [1.29, 1.82) is 0 Å². The Morgan fingerprint density at radius 1 is 1.26 bits per heavy atom. The maximum Gasteiger partial charge on any atom is 0.223 e. The molecule has 2 heterocycles. The third-order valence-electron chi connectivity index (χ3n) is 2.67. The first-order valence-corrected chi connectivity index (χ1v) is 7.78. The molecule has 0 amide bonds. The normalized spacial score (nSPS) is 10.8. The van der Waals surface area contributed by atoms with E-state index in [1.165, 1.54) is 4.90 Å². The number of fused-ring (bicyclic) bond motifs is 1. The molecule has 0 aliphatic heterocycles. The smallest absolute Gasteiger partial charge is 0.223 e. The van der Waals surface area contributed by atoms with Crippen molar-refractivity contribution in [3.63, 3.8) is 0 Å². The van der Waals surface area contributed by atoms with Crippen molar-refractivity contribution >= 4 is 50.8 Å². The Hall–Kier alpha value is -1.79. The largest absolute Gasteiger partial charge is 0.368 e. The molecule has 0 unspecified atom stereocenters. The van der Waals surface area contributed by atoms with Crippen LogP contribution in [-0.2, 0) is 0 Å². The molecule has 1 aromatic carbocycles. The predicted octanol–water partition coefficient (Wildman–Crippen LogP) is 3.74. The molecule has 0 aliphatic carbocycles. The summed E-state index contributed by atoms with van der Waals surface area (Å²) >= 11 is 3.27. The molecule has 3 N–H and O–H groups in total. The molecular weight excluding hydrogens is 276 g/mol. The number of thioether (sulfide) groups is 1. The van der Waals surface area contributed by atoms with E-state index >= 15 is 0 Å². The third kappa shape index (κ3) is 2.50. The second-order valence-electron chi connectivity index (χ2n) is 3.93. The number of benzene rings is 1. The van der Waals surface area contributed by atoms with Gasteiger partial charge in [-0.3, -0.25) is 0 Å². The average molecular weight is 288 g/mol. The summed E-state index contributed by atoms with van der Waals surface area (Å²) in [7, 11) is 0. The molecule has 0 bridgehead atoms. The first kappa shape index (κ1) is 12.3. The zero-order valence-electron chi connectivity index (χ0n) is 10.3. The van der Waals surface area contributed by atoms with E-state index in [9.17, 15) is 0 Å². The van der Waals surface area contributed by atoms with E-state index in [1.807, 2.05) is 23.6 Å². The van der Waals surface area contributed by atoms with E-state index in [2.05, 4.69) is 33.7 Å². The van der Waals surface area contributed by atoms with Crippen LogP contribution in [0.3, 0.4) is 0 Å². The van der Waals surface area contributed by atoms with Gasteiger partial charge in [-0.15, -0.1) is 23.1 Å². The third-order valence-corrected chi connectivity index (χ3v) is 4.21. The van der Waals surface area contributed by atoms with Gasteiger partial charge in [0.25, 0.3) is 0 Å². The molecule has 3 rings (SSSR count). The van der Waals surface area contributed by atoms with Crippen LogP contribution in [0.2, 0.25) is 0 Å². The minimum Gasteiger partial charge on any atom is -0.368 e. The summed E-state index contributed by atoms with van der Waals surface area (Å²) in [6.07, 6.45) is 2.05. The molecule has 0 saturated heterocycles. The molecular formula is C13H12N4S2. The fourth-order valence-corrected chi connectivity index (χ4v) is 3.04. The minimum atomic E-state index is 0.290. The first-order chi connectivity index (χ1) is 9.26. The number of nitrogens with one attached hydrogen (secondary N) is 1. The van der Waals surface area contributed by atoms with Crippen LogP contribution >= 0.6 is 23.1 Å². The van der Waals surface area contributed by atoms with Crippen molar-refractivity contribution in [1.82, 2.24) is 9.97 Å². The van der Waals surface area contributed by atoms with E-state index in [0.29, 0.717) is 5.95 Å². The lowest BCUT2D eigenvalue weighted by Crippen LogP contribution is -2.00. The van der Waals surface area contributed by atoms with Crippen molar-refractivity contribution in [2.24, 2.45) is 0 Å². The van der Waals surface area contributed by atoms with Crippen molar-refractivity contribution in [3.8, 4) is 0 Å². The Kier molecular flexibility index (Phi) is 3.27. The van der Waals surface area contributed by atoms with E-state index in [4.69, 9.17) is 5.73 Å². The number of nitrogens with zero attached hydrogens (tertiary/aromatic N) is 2. The Bertz CT molecular complexity index is 723. The van der Waals surface area contributed by atoms with Gasteiger partial charge in [-0.25, -0.2) is 4.98 Å². The molecule has 0 spiro atoms. The van der Waals surface area contributed by atoms with Crippen LogP contribution in [0.5, 0.6) is 0 Å². The Morgan fingerprint density at radius 3 is 3.00 bits per heavy atom. The number of hydrogen-bond donors (Lipinski definition) is 2. The topological polar surface area (TPSA) is 63.8 Å². The lowest BCUT2D eigenvalue weighted by molar-refractivity contribution is 1.24. The van der Waals surface area contributed by atoms with Gasteiger partial charge in [0.2, 0.25) is 5.95 Å². The Morgan fingerprint density at radius 2 is 2.16 bits per heavy atom. The first-order valence-electron chi connectivity index (χ1n) is 5.68. The van der Waals surface area contributed by atoms with Gasteiger partial charge in [0, 0.05) is 10.6 Å². The molecule has 4 nitrogen and oxygen atoms in total. The summed E-state index contributed by atoms with van der Waals surface area (Å²) in [5.74, 6) is 1.04. The summed E-state index contributed by atoms with van der Waals surface area (Å²) in [5, 5.41) is 6.29. The number of nitrogen functional groups attached to an aromatic ring is 1. The number of aromatic nitrogens is 2. The van der Waals surface area contributed by atoms with Crippen LogP contribution in [0.15, 0.2) is 40.6 Å². The predicted molar refractivity (Wildman–Crippen MR) is 83.3 cm³/mol. The maximum absolute atomic E-state index is 5.73. The van der Waals surface area contributed by atoms with Crippen molar-refractivity contribution in [3.05, 3.63) is 35.7 Å². The number of anilines is 3. The number of hydrogen-bond acceptors (Lipinski definition) is 6. The van der Waals surface area contributed by atoms with Crippen LogP contribution in [0.4, 0.5) is 17.5 Å². The summed E-state index contributed by atoms with van der Waals surface area (Å²) in [6.45, 7) is 0. The fourth-order valence-electron chi connectivity index (χ4n) is 1.80. The van der Waals surface area contributed by atoms with E-state index < -0.39 is 0 Å². The van der Waals surface area contributed by atoms with E-state index in [0.717, 1.165) is 21.7 Å². The zero-order chi connectivity index (χ0) is 13.2. The summed E-state index contributed by atoms with van der Waals surface area (Å²) in [6, 6.07) is 10.2. The molecule has 0 atom stereocenters. The van der Waals surface area contributed by atoms with Gasteiger partial charge in [0.1, 0.15) is 10.6 Å². The standard InChI is InChI=1S/C13H12N4S2/c1-18-9-4-2-3-8(7-9)15-11-10-5-6-19-12(10)17-13(14)16-11/h2-7H,1H3,(H3,14,15,16,17). The highest BCUT2D eigenvalue weighted by molar-refractivity contribution is 7.98. The van der Waals surface area contributed by atoms with Crippen LogP contribution in [0.1, 0.15) is 0 Å². The summed E-state index contributed by atoms with van der Waals surface area (Å²) in [4.78, 5) is 10.6. The molecule has 2 aromatic heterocycles. The summed E-state index contributed by atoms with van der Waals surface area (Å²) < 4.78 is 0. The highest BCUT2D eigenvalue weighted by Gasteiger charge is 2.07. The lowest BCUT2D eigenvalue weighted by atomic mass is 10.3. The maximum atomic E-state index is 5.73. The zero-order valence-corrected chi connectivity index (χ0v) is 11.9. The molecule has 0 radical (unpaired) electrons. The van der Waals surface area contributed by atoms with Gasteiger partial charge < -0.3 is 11.1 Å². The fraction of sp³-hybridized carbons (Fsp3) is 0.0769. The second-order valence-corrected chi connectivity index (χ2v) is 5.70. The molecule has 0 saturated carbocycles. The van der Waals surface area contributed by atoms with Crippen molar-refractivity contribution in [2.75, 3.05) is 17.3 Å². The Balaban J connectivity index is 2.02. The van der Waals surface area contributed by atoms with Crippen LogP contribution in [0, 0.1) is 0 Å². The van der Waals surface area contributed by atoms with Crippen molar-refractivity contribution in [2.45, 2.75) is 4.90 Å². The van der Waals surface area contributed by atoms with Crippen LogP contribution in [-0.4, -0.2) is 16.2 Å². The number of nitrogens with two attached hydrogens (primary N) is 1. The molecule has 0 aliphatic rings. The summed E-state index contributed by atoms with van der Waals surface area (Å²) in [5.41, 5.74) is 6.73. The van der Waals surface area contributed by atoms with E-state index in [-0.39, 0.29) is 0 Å². The van der Waals surface area contributed by atoms with Gasteiger partial charge >= 0.3 is 0 Å². The van der Waals surface area contributed by atoms with Gasteiger partial charge in [-0.1, -0.05) is 6.07 Å². The quantitative estimate of drug-likeness (QED) is 0.719. The second kappa shape index (κ2) is 5.07. The molecule has 0 fully saturated rings. The molecule has 6 heteroatoms. The minimum absolute atomic E-state index is 0.290. The van der Waals surface area contributed by atoms with E-state index in [1.54, 1.807) is 23.1 Å². The van der Waals surface area contributed by atoms with Gasteiger partial charge in [0.15, 0.2) is 0 Å². The number of thiophene rings is 1. The SMILES string of the molecule is CSc1cccc(Nc2nc(N)nc3sccc23)c1. The highest BCUT2D eigenvalue weighted by atomic mass is 32.2. The highest BCUT2D eigenvalue weighted by Crippen LogP contribution is 2.29. The van der Waals surface area contributed by atoms with Gasteiger partial charge in [-0.05, 0) is 35.9 Å². The van der Waals surface area contributed by atoms with Gasteiger partial charge in [-0.2, -0.15) is 4.98 Å². The molecule has 3 aromatic rings. The molecule has 19 heavy (non-hydrogen) atoms.